The fourth-order valence-corrected chi connectivity index (χ4v) is 7.52. The number of aromatic nitrogens is 6. The summed E-state index contributed by atoms with van der Waals surface area (Å²) in [6.45, 7) is 8.96. The maximum absolute atomic E-state index is 11.6. The Labute approximate surface area is 333 Å². The number of nitrogen functional groups attached to an aromatic ring is 2. The average Bonchev–Trinajstić information content (AvgIpc) is 3.95. The van der Waals surface area contributed by atoms with E-state index < -0.39 is 18.0 Å². The maximum atomic E-state index is 11.6. The largest absolute Gasteiger partial charge is 0.460 e. The van der Waals surface area contributed by atoms with Crippen LogP contribution in [0, 0.1) is 15.5 Å². The van der Waals surface area contributed by atoms with Crippen molar-refractivity contribution in [3.05, 3.63) is 118 Å². The number of anilines is 2. The van der Waals surface area contributed by atoms with Gasteiger partial charge < -0.3 is 35.5 Å². The number of hydrogen-bond acceptors (Lipinski definition) is 12. The first-order valence-electron chi connectivity index (χ1n) is 18.3. The topological polar surface area (TPSA) is 187 Å². The van der Waals surface area contributed by atoms with E-state index in [4.69, 9.17) is 30.4 Å². The molecule has 2 aliphatic heterocycles. The summed E-state index contributed by atoms with van der Waals surface area (Å²) >= 11 is 2.19. The molecule has 6 aromatic rings. The predicted molar refractivity (Wildman–Crippen MR) is 215 cm³/mol. The predicted octanol–water partition coefficient (Wildman–Crippen LogP) is 5.95. The van der Waals surface area contributed by atoms with Gasteiger partial charge >= 0.3 is 5.97 Å². The molecule has 0 aliphatic carbocycles. The highest BCUT2D eigenvalue weighted by Gasteiger charge is 2.55. The van der Waals surface area contributed by atoms with Gasteiger partial charge in [0.2, 0.25) is 5.79 Å². The van der Waals surface area contributed by atoms with Gasteiger partial charge in [-0.2, -0.15) is 10.2 Å². The third-order valence-corrected chi connectivity index (χ3v) is 10.8. The van der Waals surface area contributed by atoms with Crippen LogP contribution in [0.25, 0.3) is 11.0 Å². The molecule has 3 unspecified atom stereocenters. The van der Waals surface area contributed by atoms with Crippen LogP contribution in [-0.4, -0.2) is 64.7 Å². The minimum Gasteiger partial charge on any atom is -0.460 e. The molecule has 6 heterocycles. The summed E-state index contributed by atoms with van der Waals surface area (Å²) in [6, 6.07) is 27.1. The van der Waals surface area contributed by atoms with Crippen LogP contribution in [0.3, 0.4) is 0 Å². The monoisotopic (exact) mass is 862 g/mol. The number of fused-ring (bicyclic) bond motifs is 2. The molecule has 0 amide bonds. The first-order chi connectivity index (χ1) is 26.5. The quantitative estimate of drug-likeness (QED) is 0.115. The average molecular weight is 863 g/mol. The first-order valence-corrected chi connectivity index (χ1v) is 19.4. The second-order valence-electron chi connectivity index (χ2n) is 13.6. The molecule has 0 bridgehead atoms. The van der Waals surface area contributed by atoms with Crippen LogP contribution < -0.4 is 11.5 Å². The fraction of sp³-hybridized carbons (Fsp3) is 0.375. The molecule has 7 atom stereocenters. The molecule has 8 rings (SSSR count). The van der Waals surface area contributed by atoms with E-state index in [1.807, 2.05) is 100 Å². The number of ether oxygens (including phenoxy) is 4. The molecule has 2 fully saturated rings. The Morgan fingerprint density at radius 1 is 0.764 bits per heavy atom. The van der Waals surface area contributed by atoms with Crippen LogP contribution in [-0.2, 0) is 42.7 Å². The van der Waals surface area contributed by atoms with Gasteiger partial charge in [0.25, 0.3) is 0 Å². The minimum absolute atomic E-state index is 0.00303. The van der Waals surface area contributed by atoms with E-state index in [0.717, 1.165) is 33.2 Å². The Morgan fingerprint density at radius 2 is 1.31 bits per heavy atom. The van der Waals surface area contributed by atoms with Gasteiger partial charge in [0.05, 0.1) is 19.3 Å². The minimum atomic E-state index is -1.62. The van der Waals surface area contributed by atoms with Gasteiger partial charge in [-0.15, -0.1) is 0 Å². The maximum Gasteiger partial charge on any atom is 0.335 e. The summed E-state index contributed by atoms with van der Waals surface area (Å²) in [7, 11) is 0. The number of nitrogens with two attached hydrogens (primary N) is 2. The third kappa shape index (κ3) is 8.75. The Morgan fingerprint density at radius 3 is 1.87 bits per heavy atom. The SMILES string of the molecule is CC[C@H]1OC(=O)C(OCc2ccccc2)[C@@H]1C.CC[C@H]1OC(O)(c2ccc3c(N)ncnn23)C(OCc2ccccc2)[C@@H]1C.Nc1ncnn2c(I)ccc12. The summed E-state index contributed by atoms with van der Waals surface area (Å²) in [5.41, 5.74) is 15.6. The molecule has 290 valence electrons. The number of nitrogens with zero attached hydrogens (tertiary/aromatic N) is 6. The van der Waals surface area contributed by atoms with Gasteiger partial charge in [-0.25, -0.2) is 23.8 Å². The second-order valence-corrected chi connectivity index (χ2v) is 14.7. The lowest BCUT2D eigenvalue weighted by Crippen LogP contribution is -2.41. The lowest BCUT2D eigenvalue weighted by Gasteiger charge is -2.29. The van der Waals surface area contributed by atoms with Gasteiger partial charge in [0, 0.05) is 11.8 Å². The van der Waals surface area contributed by atoms with Crippen molar-refractivity contribution < 1.29 is 28.8 Å². The first kappa shape index (κ1) is 40.0. The summed E-state index contributed by atoms with van der Waals surface area (Å²) in [4.78, 5) is 19.5. The van der Waals surface area contributed by atoms with E-state index in [1.165, 1.54) is 12.7 Å². The van der Waals surface area contributed by atoms with Gasteiger partial charge in [0.15, 0.2) is 17.7 Å². The molecule has 2 aromatic carbocycles. The molecule has 55 heavy (non-hydrogen) atoms. The van der Waals surface area contributed by atoms with Crippen molar-refractivity contribution in [2.45, 2.75) is 84.0 Å². The van der Waals surface area contributed by atoms with E-state index in [1.54, 1.807) is 21.2 Å². The zero-order valence-electron chi connectivity index (χ0n) is 31.2. The smallest absolute Gasteiger partial charge is 0.335 e. The summed E-state index contributed by atoms with van der Waals surface area (Å²) < 4.78 is 27.6. The number of carbonyl (C=O) groups excluding carboxylic acids is 1. The zero-order chi connectivity index (χ0) is 39.1. The van der Waals surface area contributed by atoms with E-state index in [2.05, 4.69) is 42.8 Å². The Bertz CT molecular complexity index is 2170. The Hall–Kier alpha value is -4.68. The number of halogens is 1. The molecule has 0 radical (unpaired) electrons. The summed E-state index contributed by atoms with van der Waals surface area (Å²) in [5.74, 6) is -0.838. The van der Waals surface area contributed by atoms with E-state index in [9.17, 15) is 9.90 Å². The van der Waals surface area contributed by atoms with Gasteiger partial charge in [0.1, 0.15) is 45.3 Å². The summed E-state index contributed by atoms with van der Waals surface area (Å²) in [5, 5.41) is 19.9. The summed E-state index contributed by atoms with van der Waals surface area (Å²) in [6.07, 6.45) is 3.35. The van der Waals surface area contributed by atoms with Crippen molar-refractivity contribution in [2.24, 2.45) is 11.8 Å². The molecule has 0 spiro atoms. The van der Waals surface area contributed by atoms with Crippen LogP contribution in [0.4, 0.5) is 11.6 Å². The molecular formula is C40H47IN8O6. The van der Waals surface area contributed by atoms with Crippen molar-refractivity contribution >= 4 is 51.2 Å². The highest BCUT2D eigenvalue weighted by molar-refractivity contribution is 14.1. The molecule has 5 N–H and O–H groups in total. The number of benzene rings is 2. The number of cyclic esters (lactones) is 1. The van der Waals surface area contributed by atoms with Crippen LogP contribution in [0.1, 0.15) is 57.4 Å². The van der Waals surface area contributed by atoms with Gasteiger partial charge in [-0.1, -0.05) is 88.4 Å². The highest BCUT2D eigenvalue weighted by atomic mass is 127. The molecule has 2 saturated heterocycles. The Kier molecular flexibility index (Phi) is 13.0. The lowest BCUT2D eigenvalue weighted by atomic mass is 9.93. The van der Waals surface area contributed by atoms with Crippen molar-refractivity contribution in [2.75, 3.05) is 11.5 Å². The second kappa shape index (κ2) is 17.8. The standard InChI is InChI=1S/C20H24N4O3.C14H18O3.C6H5IN4/c1-3-16-13(2)18(26-11-14-7-5-4-6-8-14)20(25,27-16)17-10-9-15-19(21)22-12-23-24(15)17;1-3-12-10(2)13(14(15)17-12)16-9-11-7-5-4-6-8-11;7-5-2-1-4-6(8)9-3-10-11(4)5/h4-10,12-13,16,18,25H,3,11H2,1-2H3,(H2,21,22,23);4-8,10,12-13H,3,9H2,1-2H3;1-3H,(H2,8,9,10)/t13-,16-,18?,20?;10-,12-,13?;/m11./s1. The molecule has 0 saturated carbocycles. The number of esters is 1. The van der Waals surface area contributed by atoms with E-state index in [0.29, 0.717) is 36.1 Å². The number of rotatable bonds is 9. The number of carbonyl (C=O) groups is 1. The molecule has 15 heteroatoms. The van der Waals surface area contributed by atoms with Crippen LogP contribution >= 0.6 is 22.6 Å². The van der Waals surface area contributed by atoms with E-state index in [-0.39, 0.29) is 30.0 Å². The van der Waals surface area contributed by atoms with Gasteiger partial charge in [-0.05, 0) is 70.8 Å². The third-order valence-electron chi connectivity index (χ3n) is 9.98. The number of hydrogen-bond donors (Lipinski definition) is 3. The highest BCUT2D eigenvalue weighted by Crippen LogP contribution is 2.44. The lowest BCUT2D eigenvalue weighted by molar-refractivity contribution is -0.251. The van der Waals surface area contributed by atoms with Crippen LogP contribution in [0.15, 0.2) is 97.6 Å². The molecular weight excluding hydrogens is 815 g/mol. The van der Waals surface area contributed by atoms with Crippen molar-refractivity contribution in [3.63, 3.8) is 0 Å². The van der Waals surface area contributed by atoms with Gasteiger partial charge in [-0.3, -0.25) is 0 Å². The Balaban J connectivity index is 0.000000156. The molecule has 14 nitrogen and oxygen atoms in total. The molecule has 2 aliphatic rings. The number of aliphatic hydroxyl groups is 1. The zero-order valence-corrected chi connectivity index (χ0v) is 33.4. The van der Waals surface area contributed by atoms with Crippen molar-refractivity contribution in [1.29, 1.82) is 0 Å². The molecule has 4 aromatic heterocycles. The van der Waals surface area contributed by atoms with Crippen molar-refractivity contribution in [1.82, 2.24) is 29.2 Å². The van der Waals surface area contributed by atoms with Crippen LogP contribution in [0.2, 0.25) is 0 Å². The van der Waals surface area contributed by atoms with Crippen molar-refractivity contribution in [3.8, 4) is 0 Å². The normalized spacial score (nSPS) is 24.6. The fourth-order valence-electron chi connectivity index (χ4n) is 6.96. The van der Waals surface area contributed by atoms with E-state index >= 15 is 0 Å². The van der Waals surface area contributed by atoms with Crippen LogP contribution in [0.5, 0.6) is 0 Å².